The third-order valence-corrected chi connectivity index (χ3v) is 3.45. The maximum Gasteiger partial charge on any atom is 0.419 e. The first-order valence-corrected chi connectivity index (χ1v) is 6.05. The Labute approximate surface area is 101 Å². The number of nitrogens with zero attached hydrogens (tertiary/aromatic N) is 1. The Morgan fingerprint density at radius 1 is 1.22 bits per heavy atom. The number of hydrogen-bond donors (Lipinski definition) is 1. The molecule has 0 saturated heterocycles. The zero-order valence-electron chi connectivity index (χ0n) is 9.42. The molecule has 0 atom stereocenters. The Morgan fingerprint density at radius 3 is 2.22 bits per heavy atom. The van der Waals surface area contributed by atoms with Crippen molar-refractivity contribution < 1.29 is 26.0 Å². The predicted octanol–water partition coefficient (Wildman–Crippen LogP) is 2.06. The fraction of sp³-hybridized carbons (Fsp3) is 0.333. The summed E-state index contributed by atoms with van der Waals surface area (Å²) in [6, 6.07) is 1.86. The van der Waals surface area contributed by atoms with E-state index in [1.165, 1.54) is 14.1 Å². The number of benzene rings is 1. The molecule has 0 radical (unpaired) electrons. The van der Waals surface area contributed by atoms with Crippen LogP contribution in [0.3, 0.4) is 0 Å². The number of anilines is 1. The summed E-state index contributed by atoms with van der Waals surface area (Å²) >= 11 is 0. The highest BCUT2D eigenvalue weighted by Gasteiger charge is 2.34. The quantitative estimate of drug-likeness (QED) is 0.865. The lowest BCUT2D eigenvalue weighted by Gasteiger charge is -2.15. The van der Waals surface area contributed by atoms with Crippen LogP contribution < -0.4 is 4.72 Å². The lowest BCUT2D eigenvalue weighted by molar-refractivity contribution is -0.139. The fourth-order valence-corrected chi connectivity index (χ4v) is 1.65. The van der Waals surface area contributed by atoms with Crippen molar-refractivity contribution in [2.75, 3.05) is 18.8 Å². The molecule has 0 aliphatic rings. The molecule has 0 fully saturated rings. The molecule has 0 aliphatic carbocycles. The molecule has 1 aromatic rings. The number of rotatable bonds is 3. The second-order valence-corrected chi connectivity index (χ2v) is 5.47. The maximum absolute atomic E-state index is 12.9. The predicted molar refractivity (Wildman–Crippen MR) is 57.6 cm³/mol. The second-order valence-electron chi connectivity index (χ2n) is 3.58. The van der Waals surface area contributed by atoms with Crippen LogP contribution in [0.4, 0.5) is 23.2 Å². The van der Waals surface area contributed by atoms with E-state index < -0.39 is 27.8 Å². The van der Waals surface area contributed by atoms with Crippen molar-refractivity contribution in [3.05, 3.63) is 29.6 Å². The zero-order chi connectivity index (χ0) is 14.1. The van der Waals surface area contributed by atoms with Crippen LogP contribution in [0.2, 0.25) is 0 Å². The third-order valence-electron chi connectivity index (χ3n) is 2.00. The minimum Gasteiger partial charge on any atom is -0.271 e. The highest BCUT2D eigenvalue weighted by atomic mass is 32.2. The van der Waals surface area contributed by atoms with Crippen molar-refractivity contribution in [1.82, 2.24) is 4.31 Å². The van der Waals surface area contributed by atoms with Gasteiger partial charge in [-0.25, -0.2) is 4.39 Å². The van der Waals surface area contributed by atoms with Gasteiger partial charge in [0.15, 0.2) is 0 Å². The van der Waals surface area contributed by atoms with Crippen LogP contribution in [0.5, 0.6) is 0 Å². The van der Waals surface area contributed by atoms with Gasteiger partial charge in [-0.05, 0) is 18.2 Å². The van der Waals surface area contributed by atoms with Gasteiger partial charge in [0.2, 0.25) is 0 Å². The third kappa shape index (κ3) is 3.33. The van der Waals surface area contributed by atoms with Crippen molar-refractivity contribution >= 4 is 15.9 Å². The first kappa shape index (κ1) is 14.7. The van der Waals surface area contributed by atoms with E-state index in [2.05, 4.69) is 0 Å². The van der Waals surface area contributed by atoms with Crippen LogP contribution in [0.15, 0.2) is 18.2 Å². The number of hydrogen-bond acceptors (Lipinski definition) is 2. The number of alkyl halides is 3. The minimum atomic E-state index is -4.89. The smallest absolute Gasteiger partial charge is 0.271 e. The van der Waals surface area contributed by atoms with Crippen LogP contribution in [-0.2, 0) is 16.4 Å². The van der Waals surface area contributed by atoms with Gasteiger partial charge >= 0.3 is 16.4 Å². The van der Waals surface area contributed by atoms with Gasteiger partial charge in [-0.2, -0.15) is 25.9 Å². The molecule has 0 unspecified atom stereocenters. The van der Waals surface area contributed by atoms with Crippen LogP contribution in [0.1, 0.15) is 5.56 Å². The van der Waals surface area contributed by atoms with Crippen molar-refractivity contribution in [1.29, 1.82) is 0 Å². The molecule has 102 valence electrons. The van der Waals surface area contributed by atoms with Gasteiger partial charge in [0.25, 0.3) is 0 Å². The van der Waals surface area contributed by atoms with E-state index >= 15 is 0 Å². The summed E-state index contributed by atoms with van der Waals surface area (Å²) in [4.78, 5) is 0. The Balaban J connectivity index is 3.15. The van der Waals surface area contributed by atoms with Crippen molar-refractivity contribution in [3.8, 4) is 0 Å². The van der Waals surface area contributed by atoms with Gasteiger partial charge in [-0.3, -0.25) is 4.72 Å². The van der Waals surface area contributed by atoms with E-state index in [9.17, 15) is 26.0 Å². The average molecular weight is 286 g/mol. The van der Waals surface area contributed by atoms with Gasteiger partial charge in [0.1, 0.15) is 5.82 Å². The first-order chi connectivity index (χ1) is 8.04. The first-order valence-electron chi connectivity index (χ1n) is 4.61. The average Bonchev–Trinajstić information content (AvgIpc) is 2.18. The summed E-state index contributed by atoms with van der Waals surface area (Å²) in [5.41, 5.74) is -1.89. The summed E-state index contributed by atoms with van der Waals surface area (Å²) in [5.74, 6) is -1.46. The van der Waals surface area contributed by atoms with Crippen molar-refractivity contribution in [2.24, 2.45) is 0 Å². The lowest BCUT2D eigenvalue weighted by Crippen LogP contribution is -2.29. The molecule has 18 heavy (non-hydrogen) atoms. The normalized spacial score (nSPS) is 12.8. The van der Waals surface area contributed by atoms with Crippen LogP contribution in [0, 0.1) is 5.82 Å². The summed E-state index contributed by atoms with van der Waals surface area (Å²) in [7, 11) is -1.52. The van der Waals surface area contributed by atoms with E-state index in [0.29, 0.717) is 12.1 Å². The van der Waals surface area contributed by atoms with Crippen LogP contribution >= 0.6 is 0 Å². The van der Waals surface area contributed by atoms with Crippen LogP contribution in [0.25, 0.3) is 0 Å². The van der Waals surface area contributed by atoms with Gasteiger partial charge in [-0.15, -0.1) is 0 Å². The molecule has 1 rings (SSSR count). The van der Waals surface area contributed by atoms with E-state index in [1.54, 1.807) is 0 Å². The van der Waals surface area contributed by atoms with Crippen LogP contribution in [-0.4, -0.2) is 26.8 Å². The summed E-state index contributed by atoms with van der Waals surface area (Å²) in [6.07, 6.45) is -4.89. The standard InChI is InChI=1S/C9H10F4N2O2S/c1-15(2)18(16,17)14-6-3-4-8(10)7(5-6)9(11,12)13/h3-5,14H,1-2H3. The fourth-order valence-electron chi connectivity index (χ4n) is 1.05. The Hall–Kier alpha value is -1.35. The molecule has 4 nitrogen and oxygen atoms in total. The maximum atomic E-state index is 12.9. The topological polar surface area (TPSA) is 49.4 Å². The number of nitrogens with one attached hydrogen (secondary N) is 1. The summed E-state index contributed by atoms with van der Waals surface area (Å²) < 4.78 is 75.6. The van der Waals surface area contributed by atoms with Crippen molar-refractivity contribution in [3.63, 3.8) is 0 Å². The van der Waals surface area contributed by atoms with E-state index in [4.69, 9.17) is 0 Å². The zero-order valence-corrected chi connectivity index (χ0v) is 10.2. The van der Waals surface area contributed by atoms with E-state index in [-0.39, 0.29) is 5.69 Å². The highest BCUT2D eigenvalue weighted by Crippen LogP contribution is 2.33. The molecule has 1 N–H and O–H groups in total. The minimum absolute atomic E-state index is 0.363. The molecule has 1 aromatic carbocycles. The molecule has 0 bridgehead atoms. The number of halogens is 4. The van der Waals surface area contributed by atoms with Gasteiger partial charge in [0, 0.05) is 14.1 Å². The highest BCUT2D eigenvalue weighted by molar-refractivity contribution is 7.90. The molecular weight excluding hydrogens is 276 g/mol. The molecule has 9 heteroatoms. The SMILES string of the molecule is CN(C)S(=O)(=O)Nc1ccc(F)c(C(F)(F)F)c1. The molecule has 0 spiro atoms. The lowest BCUT2D eigenvalue weighted by atomic mass is 10.2. The Morgan fingerprint density at radius 2 is 1.78 bits per heavy atom. The van der Waals surface area contributed by atoms with Gasteiger partial charge in [0.05, 0.1) is 11.3 Å². The monoisotopic (exact) mass is 286 g/mol. The Bertz CT molecular complexity index is 540. The molecule has 0 amide bonds. The van der Waals surface area contributed by atoms with E-state index in [1.807, 2.05) is 4.72 Å². The Kier molecular flexibility index (Phi) is 3.86. The summed E-state index contributed by atoms with van der Waals surface area (Å²) in [5, 5.41) is 0. The van der Waals surface area contributed by atoms with Gasteiger partial charge < -0.3 is 0 Å². The molecule has 0 aliphatic heterocycles. The summed E-state index contributed by atoms with van der Waals surface area (Å²) in [6.45, 7) is 0. The molecule has 0 saturated carbocycles. The van der Waals surface area contributed by atoms with Crippen molar-refractivity contribution in [2.45, 2.75) is 6.18 Å². The molecule has 0 heterocycles. The second kappa shape index (κ2) is 4.73. The molecule has 0 aromatic heterocycles. The largest absolute Gasteiger partial charge is 0.419 e. The van der Waals surface area contributed by atoms with E-state index in [0.717, 1.165) is 10.4 Å². The van der Waals surface area contributed by atoms with Gasteiger partial charge in [-0.1, -0.05) is 0 Å². The molecular formula is C9H10F4N2O2S.